The van der Waals surface area contributed by atoms with Gasteiger partial charge in [-0.15, -0.1) is 5.92 Å². The molecule has 0 saturated carbocycles. The van der Waals surface area contributed by atoms with Crippen molar-refractivity contribution in [1.29, 1.82) is 0 Å². The minimum atomic E-state index is -1.04. The summed E-state index contributed by atoms with van der Waals surface area (Å²) in [5.41, 5.74) is 7.81. The molecule has 0 aromatic heterocycles. The molecule has 7 heteroatoms. The monoisotopic (exact) mass is 333 g/mol. The number of hydroxylamine groups is 1. The number of carbonyl (C=O) groups is 2. The summed E-state index contributed by atoms with van der Waals surface area (Å²) >= 11 is 0. The van der Waals surface area contributed by atoms with Gasteiger partial charge >= 0.3 is 0 Å². The van der Waals surface area contributed by atoms with Crippen molar-refractivity contribution in [2.75, 3.05) is 6.61 Å². The van der Waals surface area contributed by atoms with Crippen molar-refractivity contribution in [3.63, 3.8) is 0 Å². The van der Waals surface area contributed by atoms with E-state index < -0.39 is 23.9 Å². The smallest absolute Gasteiger partial charge is 0.267 e. The van der Waals surface area contributed by atoms with Gasteiger partial charge in [0.2, 0.25) is 0 Å². The minimum Gasteiger partial charge on any atom is -0.481 e. The molecule has 5 N–H and O–H groups in total. The summed E-state index contributed by atoms with van der Waals surface area (Å²) in [6.07, 6.45) is 0. The standard InChI is InChI=1S/C17H23N3O4/c1-4-5-10-24-13-8-6-12(7-9-13)16(21)19-15(17(22)20-23)14(18)11(2)3/h6-9,11,14-15,23H,10,18H2,1-3H3,(H,19,21)(H,20,22)/t14-,15+/m0/s1. The lowest BCUT2D eigenvalue weighted by Gasteiger charge is -2.25. The zero-order chi connectivity index (χ0) is 18.1. The average Bonchev–Trinajstić information content (AvgIpc) is 2.58. The van der Waals surface area contributed by atoms with E-state index in [9.17, 15) is 9.59 Å². The Morgan fingerprint density at radius 3 is 2.42 bits per heavy atom. The Hall–Kier alpha value is -2.56. The summed E-state index contributed by atoms with van der Waals surface area (Å²) in [6, 6.07) is 4.72. The maximum Gasteiger partial charge on any atom is 0.267 e. The van der Waals surface area contributed by atoms with Gasteiger partial charge in [-0.3, -0.25) is 14.8 Å². The predicted octanol–water partition coefficient (Wildman–Crippen LogP) is 0.676. The molecule has 1 rings (SSSR count). The van der Waals surface area contributed by atoms with Crippen LogP contribution in [0, 0.1) is 17.8 Å². The van der Waals surface area contributed by atoms with E-state index in [1.807, 2.05) is 13.8 Å². The number of hydrogen-bond acceptors (Lipinski definition) is 5. The highest BCUT2D eigenvalue weighted by atomic mass is 16.5. The van der Waals surface area contributed by atoms with Crippen molar-refractivity contribution in [1.82, 2.24) is 10.8 Å². The van der Waals surface area contributed by atoms with Gasteiger partial charge in [-0.2, -0.15) is 0 Å². The highest BCUT2D eigenvalue weighted by molar-refractivity contribution is 5.97. The number of carbonyl (C=O) groups excluding carboxylic acids is 2. The average molecular weight is 333 g/mol. The first-order chi connectivity index (χ1) is 11.4. The third kappa shape index (κ3) is 5.57. The number of hydrogen-bond donors (Lipinski definition) is 4. The summed E-state index contributed by atoms with van der Waals surface area (Å²) in [5.74, 6) is 4.76. The van der Waals surface area contributed by atoms with Crippen LogP contribution in [-0.2, 0) is 4.79 Å². The van der Waals surface area contributed by atoms with Crippen LogP contribution in [0.5, 0.6) is 5.75 Å². The van der Waals surface area contributed by atoms with Crippen LogP contribution in [0.25, 0.3) is 0 Å². The molecule has 24 heavy (non-hydrogen) atoms. The molecule has 0 aliphatic rings. The molecule has 0 aliphatic carbocycles. The van der Waals surface area contributed by atoms with E-state index in [0.29, 0.717) is 11.3 Å². The fourth-order valence-corrected chi connectivity index (χ4v) is 1.91. The first-order valence-corrected chi connectivity index (χ1v) is 7.53. The molecule has 1 aromatic carbocycles. The van der Waals surface area contributed by atoms with Crippen molar-refractivity contribution in [2.45, 2.75) is 32.9 Å². The Kier molecular flexibility index (Phi) is 7.75. The molecular weight excluding hydrogens is 310 g/mol. The molecule has 0 aliphatic heterocycles. The van der Waals surface area contributed by atoms with Crippen molar-refractivity contribution in [3.8, 4) is 17.6 Å². The van der Waals surface area contributed by atoms with Crippen LogP contribution in [0.15, 0.2) is 24.3 Å². The number of ether oxygens (including phenoxy) is 1. The molecule has 0 unspecified atom stereocenters. The fourth-order valence-electron chi connectivity index (χ4n) is 1.91. The lowest BCUT2D eigenvalue weighted by Crippen LogP contribution is -2.57. The van der Waals surface area contributed by atoms with Crippen LogP contribution >= 0.6 is 0 Å². The van der Waals surface area contributed by atoms with Crippen LogP contribution in [0.3, 0.4) is 0 Å². The first-order valence-electron chi connectivity index (χ1n) is 7.53. The summed E-state index contributed by atoms with van der Waals surface area (Å²) in [6.45, 7) is 5.63. The van der Waals surface area contributed by atoms with Gasteiger partial charge in [0, 0.05) is 11.6 Å². The number of benzene rings is 1. The first kappa shape index (κ1) is 19.5. The fraction of sp³-hybridized carbons (Fsp3) is 0.412. The Balaban J connectivity index is 2.79. The molecule has 0 radical (unpaired) electrons. The van der Waals surface area contributed by atoms with Gasteiger partial charge in [0.15, 0.2) is 0 Å². The van der Waals surface area contributed by atoms with E-state index in [2.05, 4.69) is 17.2 Å². The van der Waals surface area contributed by atoms with Crippen LogP contribution in [0.2, 0.25) is 0 Å². The van der Waals surface area contributed by atoms with Gasteiger partial charge < -0.3 is 15.8 Å². The minimum absolute atomic E-state index is 0.0666. The lowest BCUT2D eigenvalue weighted by molar-refractivity contribution is -0.132. The molecule has 0 spiro atoms. The van der Waals surface area contributed by atoms with Crippen LogP contribution in [0.1, 0.15) is 31.1 Å². The quantitative estimate of drug-likeness (QED) is 0.333. The summed E-state index contributed by atoms with van der Waals surface area (Å²) in [7, 11) is 0. The topological polar surface area (TPSA) is 114 Å². The van der Waals surface area contributed by atoms with Crippen molar-refractivity contribution in [3.05, 3.63) is 29.8 Å². The largest absolute Gasteiger partial charge is 0.481 e. The summed E-state index contributed by atoms with van der Waals surface area (Å²) in [5, 5.41) is 11.4. The lowest BCUT2D eigenvalue weighted by atomic mass is 9.96. The second-order valence-electron chi connectivity index (χ2n) is 5.49. The van der Waals surface area contributed by atoms with Gasteiger partial charge in [-0.1, -0.05) is 19.8 Å². The normalized spacial score (nSPS) is 12.6. The molecule has 2 amide bonds. The number of amides is 2. The molecule has 7 nitrogen and oxygen atoms in total. The highest BCUT2D eigenvalue weighted by Crippen LogP contribution is 2.13. The molecule has 0 saturated heterocycles. The van der Waals surface area contributed by atoms with E-state index >= 15 is 0 Å². The van der Waals surface area contributed by atoms with Crippen LogP contribution in [-0.4, -0.2) is 35.7 Å². The third-order valence-corrected chi connectivity index (χ3v) is 3.44. The van der Waals surface area contributed by atoms with E-state index in [4.69, 9.17) is 15.7 Å². The number of nitrogens with one attached hydrogen (secondary N) is 2. The van der Waals surface area contributed by atoms with E-state index in [1.165, 1.54) is 5.48 Å². The van der Waals surface area contributed by atoms with Crippen molar-refractivity contribution in [2.24, 2.45) is 11.7 Å². The SMILES string of the molecule is CC#CCOc1ccc(C(=O)N[C@@H](C(=O)NO)[C@@H](N)C(C)C)cc1. The second kappa shape index (κ2) is 9.55. The van der Waals surface area contributed by atoms with E-state index in [1.54, 1.807) is 31.2 Å². The van der Waals surface area contributed by atoms with Gasteiger partial charge in [0.25, 0.3) is 11.8 Å². The van der Waals surface area contributed by atoms with Gasteiger partial charge in [0.05, 0.1) is 0 Å². The summed E-state index contributed by atoms with van der Waals surface area (Å²) < 4.78 is 5.37. The third-order valence-electron chi connectivity index (χ3n) is 3.44. The molecule has 0 heterocycles. The van der Waals surface area contributed by atoms with Crippen molar-refractivity contribution >= 4 is 11.8 Å². The maximum absolute atomic E-state index is 12.3. The second-order valence-corrected chi connectivity index (χ2v) is 5.49. The number of rotatable bonds is 7. The zero-order valence-corrected chi connectivity index (χ0v) is 14.0. The van der Waals surface area contributed by atoms with Crippen molar-refractivity contribution < 1.29 is 19.5 Å². The zero-order valence-electron chi connectivity index (χ0n) is 14.0. The Labute approximate surface area is 141 Å². The highest BCUT2D eigenvalue weighted by Gasteiger charge is 2.29. The number of nitrogens with two attached hydrogens (primary N) is 1. The molecule has 2 atom stereocenters. The summed E-state index contributed by atoms with van der Waals surface area (Å²) in [4.78, 5) is 24.0. The Morgan fingerprint density at radius 2 is 1.92 bits per heavy atom. The van der Waals surface area contributed by atoms with Gasteiger partial charge in [0.1, 0.15) is 18.4 Å². The van der Waals surface area contributed by atoms with Gasteiger partial charge in [-0.25, -0.2) is 5.48 Å². The Bertz CT molecular complexity index is 617. The van der Waals surface area contributed by atoms with E-state index in [0.717, 1.165) is 0 Å². The molecule has 0 bridgehead atoms. The van der Waals surface area contributed by atoms with Crippen LogP contribution in [0.4, 0.5) is 0 Å². The molecule has 1 aromatic rings. The predicted molar refractivity (Wildman–Crippen MR) is 89.4 cm³/mol. The molecule has 0 fully saturated rings. The Morgan fingerprint density at radius 1 is 1.29 bits per heavy atom. The molecular formula is C17H23N3O4. The molecule has 130 valence electrons. The maximum atomic E-state index is 12.3. The van der Waals surface area contributed by atoms with Crippen LogP contribution < -0.4 is 21.3 Å². The van der Waals surface area contributed by atoms with Gasteiger partial charge in [-0.05, 0) is 37.1 Å². The van der Waals surface area contributed by atoms with E-state index in [-0.39, 0.29) is 12.5 Å².